The molecule has 0 spiro atoms. The number of hydrogen-bond donors (Lipinski definition) is 1. The summed E-state index contributed by atoms with van der Waals surface area (Å²) < 4.78 is 7.01. The summed E-state index contributed by atoms with van der Waals surface area (Å²) in [4.78, 5) is 0. The number of nitrogens with two attached hydrogens (primary N) is 1. The predicted molar refractivity (Wildman–Crippen MR) is 65.2 cm³/mol. The van der Waals surface area contributed by atoms with Gasteiger partial charge in [-0.15, -0.1) is 5.10 Å². The second kappa shape index (κ2) is 4.97. The van der Waals surface area contributed by atoms with E-state index in [0.29, 0.717) is 6.54 Å². The van der Waals surface area contributed by atoms with Crippen LogP contribution in [0.3, 0.4) is 0 Å². The Bertz CT molecular complexity index is 507. The molecule has 0 bridgehead atoms. The van der Waals surface area contributed by atoms with E-state index in [2.05, 4.69) is 17.2 Å². The van der Waals surface area contributed by atoms with Crippen LogP contribution in [0.5, 0.6) is 5.75 Å². The third kappa shape index (κ3) is 2.14. The summed E-state index contributed by atoms with van der Waals surface area (Å²) >= 11 is 0. The van der Waals surface area contributed by atoms with Crippen molar-refractivity contribution in [2.75, 3.05) is 7.11 Å². The number of hydrogen-bond acceptors (Lipinski definition) is 4. The van der Waals surface area contributed by atoms with Crippen LogP contribution in [0.2, 0.25) is 0 Å². The van der Waals surface area contributed by atoms with Gasteiger partial charge in [0.05, 0.1) is 24.2 Å². The number of rotatable bonds is 4. The topological polar surface area (TPSA) is 66.0 Å². The van der Waals surface area contributed by atoms with Gasteiger partial charge in [0.25, 0.3) is 0 Å². The van der Waals surface area contributed by atoms with E-state index >= 15 is 0 Å². The van der Waals surface area contributed by atoms with E-state index in [-0.39, 0.29) is 0 Å². The average Bonchev–Trinajstić information content (AvgIpc) is 2.81. The second-order valence-corrected chi connectivity index (χ2v) is 3.65. The Morgan fingerprint density at radius 3 is 2.88 bits per heavy atom. The first kappa shape index (κ1) is 11.6. The summed E-state index contributed by atoms with van der Waals surface area (Å²) in [6.07, 6.45) is 0.844. The van der Waals surface area contributed by atoms with Gasteiger partial charge in [-0.05, 0) is 18.6 Å². The number of ether oxygens (including phenoxy) is 1. The maximum absolute atomic E-state index is 5.63. The van der Waals surface area contributed by atoms with E-state index in [4.69, 9.17) is 10.5 Å². The van der Waals surface area contributed by atoms with Gasteiger partial charge in [0, 0.05) is 12.6 Å². The Kier molecular flexibility index (Phi) is 3.39. The molecule has 5 heteroatoms. The third-order valence-electron chi connectivity index (χ3n) is 2.67. The van der Waals surface area contributed by atoms with Crippen LogP contribution in [0.25, 0.3) is 5.69 Å². The molecule has 1 aromatic heterocycles. The number of aromatic nitrogens is 3. The molecule has 1 heterocycles. The van der Waals surface area contributed by atoms with Crippen molar-refractivity contribution in [3.8, 4) is 11.4 Å². The van der Waals surface area contributed by atoms with Gasteiger partial charge in [0.1, 0.15) is 5.75 Å². The molecule has 0 aliphatic carbocycles. The zero-order valence-corrected chi connectivity index (χ0v) is 10.1. The maximum atomic E-state index is 5.63. The first-order valence-corrected chi connectivity index (χ1v) is 5.58. The fourth-order valence-electron chi connectivity index (χ4n) is 1.79. The summed E-state index contributed by atoms with van der Waals surface area (Å²) in [5, 5.41) is 8.22. The van der Waals surface area contributed by atoms with Crippen LogP contribution in [0.15, 0.2) is 24.3 Å². The second-order valence-electron chi connectivity index (χ2n) is 3.65. The molecule has 0 unspecified atom stereocenters. The molecular formula is C12H16N4O. The number of nitrogens with zero attached hydrogens (tertiary/aromatic N) is 3. The van der Waals surface area contributed by atoms with E-state index in [0.717, 1.165) is 29.2 Å². The van der Waals surface area contributed by atoms with Crippen LogP contribution in [0.4, 0.5) is 0 Å². The normalized spacial score (nSPS) is 10.5. The Morgan fingerprint density at radius 2 is 2.24 bits per heavy atom. The van der Waals surface area contributed by atoms with Crippen LogP contribution in [0, 0.1) is 0 Å². The van der Waals surface area contributed by atoms with Crippen molar-refractivity contribution in [3.05, 3.63) is 35.7 Å². The van der Waals surface area contributed by atoms with Gasteiger partial charge < -0.3 is 10.5 Å². The lowest BCUT2D eigenvalue weighted by atomic mass is 10.2. The smallest absolute Gasteiger partial charge is 0.121 e. The lowest BCUT2D eigenvalue weighted by molar-refractivity contribution is 0.414. The molecule has 0 saturated carbocycles. The van der Waals surface area contributed by atoms with Crippen molar-refractivity contribution >= 4 is 0 Å². The largest absolute Gasteiger partial charge is 0.497 e. The van der Waals surface area contributed by atoms with Crippen molar-refractivity contribution in [2.45, 2.75) is 19.9 Å². The van der Waals surface area contributed by atoms with Crippen LogP contribution < -0.4 is 10.5 Å². The molecule has 5 nitrogen and oxygen atoms in total. The van der Waals surface area contributed by atoms with Gasteiger partial charge >= 0.3 is 0 Å². The van der Waals surface area contributed by atoms with Gasteiger partial charge in [-0.2, -0.15) is 0 Å². The van der Waals surface area contributed by atoms with Crippen molar-refractivity contribution in [2.24, 2.45) is 5.73 Å². The summed E-state index contributed by atoms with van der Waals surface area (Å²) in [5.74, 6) is 0.800. The molecule has 0 aliphatic heterocycles. The highest BCUT2D eigenvalue weighted by Gasteiger charge is 2.11. The standard InChI is InChI=1S/C12H16N4O/c1-3-12-11(8-13)14-15-16(12)9-5-4-6-10(7-9)17-2/h4-7H,3,8,13H2,1-2H3. The van der Waals surface area contributed by atoms with Crippen LogP contribution in [0.1, 0.15) is 18.3 Å². The Labute approximate surface area is 100 Å². The Morgan fingerprint density at radius 1 is 1.41 bits per heavy atom. The van der Waals surface area contributed by atoms with Crippen molar-refractivity contribution < 1.29 is 4.74 Å². The minimum Gasteiger partial charge on any atom is -0.497 e. The molecule has 0 atom stereocenters. The Balaban J connectivity index is 2.48. The molecule has 2 aromatic rings. The molecule has 0 radical (unpaired) electrons. The van der Waals surface area contributed by atoms with E-state index in [9.17, 15) is 0 Å². The fourth-order valence-corrected chi connectivity index (χ4v) is 1.79. The minimum atomic E-state index is 0.410. The van der Waals surface area contributed by atoms with E-state index < -0.39 is 0 Å². The number of methoxy groups -OCH3 is 1. The minimum absolute atomic E-state index is 0.410. The van der Waals surface area contributed by atoms with Crippen LogP contribution >= 0.6 is 0 Å². The summed E-state index contributed by atoms with van der Waals surface area (Å²) in [7, 11) is 1.65. The molecule has 0 amide bonds. The summed E-state index contributed by atoms with van der Waals surface area (Å²) in [6.45, 7) is 2.47. The molecule has 17 heavy (non-hydrogen) atoms. The first-order chi connectivity index (χ1) is 8.30. The Hall–Kier alpha value is -1.88. The zero-order valence-electron chi connectivity index (χ0n) is 10.1. The molecule has 0 aliphatic rings. The first-order valence-electron chi connectivity index (χ1n) is 5.58. The van der Waals surface area contributed by atoms with Crippen LogP contribution in [-0.2, 0) is 13.0 Å². The van der Waals surface area contributed by atoms with Crippen molar-refractivity contribution in [1.29, 1.82) is 0 Å². The predicted octanol–water partition coefficient (Wildman–Crippen LogP) is 1.30. The lowest BCUT2D eigenvalue weighted by Gasteiger charge is -2.07. The highest BCUT2D eigenvalue weighted by Crippen LogP contribution is 2.18. The van der Waals surface area contributed by atoms with Gasteiger partial charge in [-0.25, -0.2) is 4.68 Å². The fraction of sp³-hybridized carbons (Fsp3) is 0.333. The lowest BCUT2D eigenvalue weighted by Crippen LogP contribution is -2.05. The molecular weight excluding hydrogens is 216 g/mol. The van der Waals surface area contributed by atoms with Gasteiger partial charge in [0.2, 0.25) is 0 Å². The quantitative estimate of drug-likeness (QED) is 0.862. The molecule has 1 aromatic carbocycles. The maximum Gasteiger partial charge on any atom is 0.121 e. The molecule has 0 fully saturated rings. The van der Waals surface area contributed by atoms with E-state index in [1.165, 1.54) is 0 Å². The number of benzene rings is 1. The SMILES string of the molecule is CCc1c(CN)nnn1-c1cccc(OC)c1. The zero-order chi connectivity index (χ0) is 12.3. The monoisotopic (exact) mass is 232 g/mol. The molecule has 2 rings (SSSR count). The van der Waals surface area contributed by atoms with E-state index in [1.807, 2.05) is 28.9 Å². The van der Waals surface area contributed by atoms with Crippen molar-refractivity contribution in [1.82, 2.24) is 15.0 Å². The third-order valence-corrected chi connectivity index (χ3v) is 2.67. The highest BCUT2D eigenvalue weighted by molar-refractivity contribution is 5.40. The van der Waals surface area contributed by atoms with Gasteiger partial charge in [-0.3, -0.25) is 0 Å². The van der Waals surface area contributed by atoms with Crippen LogP contribution in [-0.4, -0.2) is 22.1 Å². The summed E-state index contributed by atoms with van der Waals surface area (Å²) in [6, 6.07) is 7.72. The molecule has 2 N–H and O–H groups in total. The van der Waals surface area contributed by atoms with Gasteiger partial charge in [-0.1, -0.05) is 18.2 Å². The van der Waals surface area contributed by atoms with Crippen molar-refractivity contribution in [3.63, 3.8) is 0 Å². The average molecular weight is 232 g/mol. The van der Waals surface area contributed by atoms with E-state index in [1.54, 1.807) is 7.11 Å². The molecule has 90 valence electrons. The van der Waals surface area contributed by atoms with Gasteiger partial charge in [0.15, 0.2) is 0 Å². The highest BCUT2D eigenvalue weighted by atomic mass is 16.5. The summed E-state index contributed by atoms with van der Waals surface area (Å²) in [5.41, 5.74) is 8.46. The molecule has 0 saturated heterocycles.